The van der Waals surface area contributed by atoms with Crippen LogP contribution in [0.15, 0.2) is 48.6 Å². The molecule has 1 aliphatic carbocycles. The molecular formula is C37H48ClN3O4S. The molecule has 4 aliphatic rings. The van der Waals surface area contributed by atoms with E-state index in [1.807, 2.05) is 37.4 Å². The Morgan fingerprint density at radius 1 is 1.11 bits per heavy atom. The Morgan fingerprint density at radius 2 is 1.93 bits per heavy atom. The molecule has 3 heterocycles. The lowest BCUT2D eigenvalue weighted by Gasteiger charge is -2.50. The number of likely N-dealkylation sites (tertiary alicyclic amines) is 1. The standard InChI is InChI=1S/C37H48ClN3O4S/c1-5-7-25-18-29(38)11-12-30(25)28-21-41-20-27-9-13-31(27)37(44,32-15-17-40(4)36(32)43)16-6-8-23(2)24(3)46-39-35(42)26-10-14-34(45-22-28)33(41)19-26/h6,10-12,14,16,18-19,23-24,27-28,31-32,44H,5,7-9,13,15,17,20-22H2,1-4H3,(H,39,42)/b16-6+. The van der Waals surface area contributed by atoms with Gasteiger partial charge in [-0.25, -0.2) is 0 Å². The van der Waals surface area contributed by atoms with Gasteiger partial charge < -0.3 is 19.6 Å². The van der Waals surface area contributed by atoms with Gasteiger partial charge in [-0.05, 0) is 103 Å². The maximum absolute atomic E-state index is 13.4. The quantitative estimate of drug-likeness (QED) is 0.274. The Labute approximate surface area is 283 Å². The molecule has 2 fully saturated rings. The number of hydrogen-bond acceptors (Lipinski definition) is 6. The summed E-state index contributed by atoms with van der Waals surface area (Å²) in [5.41, 5.74) is 2.79. The number of carbonyl (C=O) groups excluding carboxylic acids is 2. The summed E-state index contributed by atoms with van der Waals surface area (Å²) in [6, 6.07) is 11.9. The molecule has 0 aromatic heterocycles. The first-order chi connectivity index (χ1) is 22.1. The lowest BCUT2D eigenvalue weighted by Crippen LogP contribution is -2.55. The van der Waals surface area contributed by atoms with Crippen molar-refractivity contribution in [3.63, 3.8) is 0 Å². The lowest BCUT2D eigenvalue weighted by molar-refractivity contribution is -0.143. The summed E-state index contributed by atoms with van der Waals surface area (Å²) >= 11 is 7.88. The fourth-order valence-electron chi connectivity index (χ4n) is 7.87. The molecule has 2 bridgehead atoms. The number of carbonyl (C=O) groups is 2. The first-order valence-electron chi connectivity index (χ1n) is 17.0. The number of amides is 2. The van der Waals surface area contributed by atoms with Crippen molar-refractivity contribution in [3.05, 3.63) is 70.3 Å². The van der Waals surface area contributed by atoms with Gasteiger partial charge in [-0.3, -0.25) is 14.3 Å². The van der Waals surface area contributed by atoms with E-state index in [0.717, 1.165) is 48.6 Å². The van der Waals surface area contributed by atoms with Crippen molar-refractivity contribution in [2.24, 2.45) is 23.7 Å². The summed E-state index contributed by atoms with van der Waals surface area (Å²) in [4.78, 5) is 30.9. The number of allylic oxidation sites excluding steroid dienone is 1. The predicted octanol–water partition coefficient (Wildman–Crippen LogP) is 6.87. The van der Waals surface area contributed by atoms with Gasteiger partial charge >= 0.3 is 0 Å². The molecule has 2 aromatic rings. The molecule has 1 saturated heterocycles. The van der Waals surface area contributed by atoms with Gasteiger partial charge in [0.2, 0.25) is 5.91 Å². The van der Waals surface area contributed by atoms with E-state index in [9.17, 15) is 14.7 Å². The van der Waals surface area contributed by atoms with Crippen LogP contribution in [0.5, 0.6) is 5.75 Å². The number of fused-ring (bicyclic) bond motifs is 2. The molecule has 9 heteroatoms. The summed E-state index contributed by atoms with van der Waals surface area (Å²) in [5, 5.41) is 13.5. The highest BCUT2D eigenvalue weighted by Gasteiger charge is 2.54. The summed E-state index contributed by atoms with van der Waals surface area (Å²) in [5.74, 6) is 0.742. The van der Waals surface area contributed by atoms with E-state index in [1.54, 1.807) is 4.90 Å². The smallest absolute Gasteiger partial charge is 0.261 e. The Hall–Kier alpha value is -2.68. The van der Waals surface area contributed by atoms with Crippen LogP contribution in [0.4, 0.5) is 5.69 Å². The van der Waals surface area contributed by atoms with Crippen LogP contribution in [0, 0.1) is 23.7 Å². The maximum Gasteiger partial charge on any atom is 0.261 e. The van der Waals surface area contributed by atoms with E-state index in [0.29, 0.717) is 38.2 Å². The molecule has 0 radical (unpaired) electrons. The summed E-state index contributed by atoms with van der Waals surface area (Å²) in [6.45, 7) is 9.06. The van der Waals surface area contributed by atoms with E-state index in [2.05, 4.69) is 48.6 Å². The Bertz CT molecular complexity index is 1480. The molecule has 7 unspecified atom stereocenters. The Kier molecular flexibility index (Phi) is 9.98. The summed E-state index contributed by atoms with van der Waals surface area (Å²) in [7, 11) is 1.84. The van der Waals surface area contributed by atoms with Crippen molar-refractivity contribution < 1.29 is 19.4 Å². The maximum atomic E-state index is 13.4. The number of rotatable bonds is 4. The van der Waals surface area contributed by atoms with E-state index in [4.69, 9.17) is 16.3 Å². The van der Waals surface area contributed by atoms with Crippen LogP contribution in [-0.4, -0.2) is 66.0 Å². The number of ether oxygens (including phenoxy) is 1. The van der Waals surface area contributed by atoms with E-state index in [-0.39, 0.29) is 40.7 Å². The van der Waals surface area contributed by atoms with Crippen molar-refractivity contribution >= 4 is 41.1 Å². The van der Waals surface area contributed by atoms with Gasteiger partial charge in [-0.2, -0.15) is 0 Å². The molecule has 248 valence electrons. The molecule has 2 aromatic carbocycles. The molecule has 6 rings (SSSR count). The highest BCUT2D eigenvalue weighted by Crippen LogP contribution is 2.50. The topological polar surface area (TPSA) is 82.1 Å². The third-order valence-electron chi connectivity index (χ3n) is 11.0. The second kappa shape index (κ2) is 13.8. The van der Waals surface area contributed by atoms with Crippen molar-refractivity contribution in [3.8, 4) is 5.75 Å². The Balaban J connectivity index is 1.40. The van der Waals surface area contributed by atoms with Gasteiger partial charge in [-0.1, -0.05) is 57.0 Å². The van der Waals surface area contributed by atoms with E-state index < -0.39 is 11.5 Å². The average Bonchev–Trinajstić information content (AvgIpc) is 3.25. The van der Waals surface area contributed by atoms with Crippen LogP contribution in [0.2, 0.25) is 5.02 Å². The van der Waals surface area contributed by atoms with Crippen LogP contribution in [0.3, 0.4) is 0 Å². The Morgan fingerprint density at radius 3 is 2.65 bits per heavy atom. The van der Waals surface area contributed by atoms with Crippen molar-refractivity contribution in [1.29, 1.82) is 0 Å². The van der Waals surface area contributed by atoms with Gasteiger partial charge in [0.1, 0.15) is 5.75 Å². The van der Waals surface area contributed by atoms with Crippen LogP contribution < -0.4 is 14.4 Å². The molecule has 7 atom stereocenters. The molecule has 2 N–H and O–H groups in total. The zero-order chi connectivity index (χ0) is 32.6. The fraction of sp³-hybridized carbons (Fsp3) is 0.568. The molecule has 3 aliphatic heterocycles. The number of aryl methyl sites for hydroxylation is 1. The fourth-order valence-corrected chi connectivity index (χ4v) is 8.82. The van der Waals surface area contributed by atoms with E-state index in [1.165, 1.54) is 23.1 Å². The van der Waals surface area contributed by atoms with Crippen LogP contribution in [0.1, 0.15) is 80.3 Å². The van der Waals surface area contributed by atoms with Gasteiger partial charge in [0, 0.05) is 48.4 Å². The van der Waals surface area contributed by atoms with Crippen molar-refractivity contribution in [1.82, 2.24) is 9.62 Å². The average molecular weight is 666 g/mol. The SMILES string of the molecule is CCCc1cc(Cl)ccc1C1COc2ccc3cc2N(C1)CC1CCC1C(O)(C1CCN(C)C1=O)/C=C/CC(C)C(C)SNC3=O. The summed E-state index contributed by atoms with van der Waals surface area (Å²) in [6.07, 6.45) is 9.28. The number of hydrogen-bond donors (Lipinski definition) is 2. The predicted molar refractivity (Wildman–Crippen MR) is 187 cm³/mol. The second-order valence-corrected chi connectivity index (χ2v) is 15.6. The third-order valence-corrected chi connectivity index (χ3v) is 12.4. The number of anilines is 1. The molecule has 46 heavy (non-hydrogen) atoms. The monoisotopic (exact) mass is 665 g/mol. The third kappa shape index (κ3) is 6.54. The van der Waals surface area contributed by atoms with Crippen molar-refractivity contribution in [2.45, 2.75) is 76.1 Å². The largest absolute Gasteiger partial charge is 0.491 e. The van der Waals surface area contributed by atoms with Crippen LogP contribution in [-0.2, 0) is 11.2 Å². The van der Waals surface area contributed by atoms with Crippen molar-refractivity contribution in [2.75, 3.05) is 38.2 Å². The summed E-state index contributed by atoms with van der Waals surface area (Å²) < 4.78 is 9.60. The minimum absolute atomic E-state index is 0.0382. The van der Waals surface area contributed by atoms with Gasteiger partial charge in [0.25, 0.3) is 5.91 Å². The number of nitrogens with one attached hydrogen (secondary N) is 1. The first-order valence-corrected chi connectivity index (χ1v) is 18.3. The number of benzene rings is 2. The molecule has 1 saturated carbocycles. The molecule has 7 nitrogen and oxygen atoms in total. The van der Waals surface area contributed by atoms with Gasteiger partial charge in [-0.15, -0.1) is 0 Å². The number of aliphatic hydroxyl groups is 1. The van der Waals surface area contributed by atoms with Gasteiger partial charge in [0.05, 0.1) is 23.8 Å². The zero-order valence-electron chi connectivity index (χ0n) is 27.5. The first kappa shape index (κ1) is 33.2. The zero-order valence-corrected chi connectivity index (χ0v) is 29.1. The highest BCUT2D eigenvalue weighted by atomic mass is 35.5. The van der Waals surface area contributed by atoms with Gasteiger partial charge in [0.15, 0.2) is 0 Å². The minimum atomic E-state index is -1.21. The van der Waals surface area contributed by atoms with Crippen LogP contribution >= 0.6 is 23.5 Å². The molecular weight excluding hydrogens is 618 g/mol. The number of halogens is 1. The molecule has 2 amide bonds. The second-order valence-electron chi connectivity index (χ2n) is 14.0. The van der Waals surface area contributed by atoms with Crippen LogP contribution in [0.25, 0.3) is 0 Å². The lowest BCUT2D eigenvalue weighted by atomic mass is 9.60. The highest BCUT2D eigenvalue weighted by molar-refractivity contribution is 7.98. The number of nitrogens with zero attached hydrogens (tertiary/aromatic N) is 2. The normalized spacial score (nSPS) is 32.6. The minimum Gasteiger partial charge on any atom is -0.491 e. The molecule has 0 spiro atoms. The van der Waals surface area contributed by atoms with E-state index >= 15 is 0 Å².